The lowest BCUT2D eigenvalue weighted by molar-refractivity contribution is 0.0161. The highest BCUT2D eigenvalue weighted by Crippen LogP contribution is 2.56. The van der Waals surface area contributed by atoms with E-state index in [1.54, 1.807) is 0 Å². The Bertz CT molecular complexity index is 966. The Hall–Kier alpha value is -2.46. The summed E-state index contributed by atoms with van der Waals surface area (Å²) in [6.07, 6.45) is 0. The molecular weight excluding hydrogens is 346 g/mol. The van der Waals surface area contributed by atoms with Crippen LogP contribution in [0.25, 0.3) is 11.1 Å². The topological polar surface area (TPSA) is 32.7 Å². The number of ether oxygens (including phenoxy) is 1. The maximum absolute atomic E-state index is 10.4. The normalized spacial score (nSPS) is 22.0. The molecule has 1 saturated heterocycles. The minimum absolute atomic E-state index is 0.0475. The fraction of sp³-hybridized carbons (Fsp3) is 0.280. The first-order valence-corrected chi connectivity index (χ1v) is 9.87. The molecule has 3 aromatic rings. The van der Waals surface area contributed by atoms with Crippen LogP contribution in [0.5, 0.6) is 0 Å². The molecule has 0 unspecified atom stereocenters. The van der Waals surface area contributed by atoms with E-state index in [4.69, 9.17) is 4.74 Å². The van der Waals surface area contributed by atoms with Crippen molar-refractivity contribution >= 4 is 0 Å². The summed E-state index contributed by atoms with van der Waals surface area (Å²) in [6.45, 7) is 4.65. The molecule has 1 N–H and O–H groups in total. The third kappa shape index (κ3) is 2.21. The van der Waals surface area contributed by atoms with Crippen molar-refractivity contribution in [3.8, 4) is 11.1 Å². The summed E-state index contributed by atoms with van der Waals surface area (Å²) < 4.78 is 6.21. The average Bonchev–Trinajstić information content (AvgIpc) is 3.20. The van der Waals surface area contributed by atoms with Crippen LogP contribution in [0, 0.1) is 0 Å². The molecule has 2 aliphatic rings. The van der Waals surface area contributed by atoms with E-state index in [1.165, 1.54) is 27.8 Å². The molecule has 0 spiro atoms. The molecule has 1 atom stereocenters. The van der Waals surface area contributed by atoms with Gasteiger partial charge in [0.1, 0.15) is 12.3 Å². The lowest BCUT2D eigenvalue weighted by atomic mass is 9.77. The molecular formula is C25H25NO2. The molecule has 3 aromatic carbocycles. The monoisotopic (exact) mass is 371 g/mol. The van der Waals surface area contributed by atoms with Gasteiger partial charge >= 0.3 is 0 Å². The third-order valence-electron chi connectivity index (χ3n) is 6.47. The summed E-state index contributed by atoms with van der Waals surface area (Å²) in [7, 11) is 0. The van der Waals surface area contributed by atoms with Crippen molar-refractivity contribution in [1.82, 2.24) is 4.90 Å². The second-order valence-electron chi connectivity index (χ2n) is 8.21. The van der Waals surface area contributed by atoms with Gasteiger partial charge in [0.15, 0.2) is 0 Å². The van der Waals surface area contributed by atoms with Crippen LogP contribution in [0.2, 0.25) is 0 Å². The first kappa shape index (κ1) is 17.6. The molecule has 3 heteroatoms. The highest BCUT2D eigenvalue weighted by molar-refractivity contribution is 5.83. The van der Waals surface area contributed by atoms with E-state index < -0.39 is 11.1 Å². The summed E-state index contributed by atoms with van der Waals surface area (Å²) in [5.74, 6) is 0. The van der Waals surface area contributed by atoms with Gasteiger partial charge in [-0.3, -0.25) is 4.90 Å². The second kappa shape index (κ2) is 6.28. The number of fused-ring (bicyclic) bond motifs is 3. The molecule has 0 saturated carbocycles. The number of hydrogen-bond acceptors (Lipinski definition) is 3. The van der Waals surface area contributed by atoms with Crippen LogP contribution in [0.4, 0.5) is 0 Å². The summed E-state index contributed by atoms with van der Waals surface area (Å²) in [4.78, 5) is 2.35. The van der Waals surface area contributed by atoms with E-state index >= 15 is 0 Å². The van der Waals surface area contributed by atoms with Crippen LogP contribution < -0.4 is 0 Å². The number of aliphatic hydroxyl groups excluding tert-OH is 1. The quantitative estimate of drug-likeness (QED) is 0.741. The Morgan fingerprint density at radius 2 is 1.39 bits per heavy atom. The van der Waals surface area contributed by atoms with Gasteiger partial charge in [-0.25, -0.2) is 0 Å². The largest absolute Gasteiger partial charge is 0.395 e. The van der Waals surface area contributed by atoms with Crippen molar-refractivity contribution in [1.29, 1.82) is 0 Å². The lowest BCUT2D eigenvalue weighted by Crippen LogP contribution is -2.54. The van der Waals surface area contributed by atoms with Crippen LogP contribution >= 0.6 is 0 Å². The molecule has 0 bridgehead atoms. The van der Waals surface area contributed by atoms with Crippen LogP contribution in [0.1, 0.15) is 30.5 Å². The smallest absolute Gasteiger partial charge is 0.101 e. The van der Waals surface area contributed by atoms with Crippen LogP contribution in [0.15, 0.2) is 78.9 Å². The Kier molecular flexibility index (Phi) is 3.95. The summed E-state index contributed by atoms with van der Waals surface area (Å²) >= 11 is 0. The van der Waals surface area contributed by atoms with Crippen molar-refractivity contribution in [2.45, 2.75) is 31.0 Å². The Morgan fingerprint density at radius 1 is 0.857 bits per heavy atom. The number of rotatable bonds is 3. The molecule has 1 aliphatic carbocycles. The van der Waals surface area contributed by atoms with Gasteiger partial charge in [-0.05, 0) is 41.7 Å². The zero-order chi connectivity index (χ0) is 19.4. The van der Waals surface area contributed by atoms with Crippen molar-refractivity contribution in [2.24, 2.45) is 0 Å². The summed E-state index contributed by atoms with van der Waals surface area (Å²) in [5.41, 5.74) is 5.29. The molecule has 142 valence electrons. The maximum atomic E-state index is 10.4. The third-order valence-corrected chi connectivity index (χ3v) is 6.47. The van der Waals surface area contributed by atoms with Gasteiger partial charge in [0.25, 0.3) is 0 Å². The van der Waals surface area contributed by atoms with Gasteiger partial charge in [-0.2, -0.15) is 0 Å². The zero-order valence-electron chi connectivity index (χ0n) is 16.3. The molecule has 28 heavy (non-hydrogen) atoms. The Morgan fingerprint density at radius 3 is 1.96 bits per heavy atom. The first-order valence-electron chi connectivity index (χ1n) is 9.87. The SMILES string of the molecule is CC1(C)OCN(C2(c3ccccc3)c3ccccc3-c3ccccc32)[C@@H]1CO. The fourth-order valence-electron chi connectivity index (χ4n) is 5.12. The molecule has 5 rings (SSSR count). The van der Waals surface area contributed by atoms with E-state index in [0.29, 0.717) is 6.73 Å². The minimum Gasteiger partial charge on any atom is -0.395 e. The molecule has 0 amide bonds. The van der Waals surface area contributed by atoms with Gasteiger partial charge in [-0.1, -0.05) is 78.9 Å². The van der Waals surface area contributed by atoms with Crippen molar-refractivity contribution in [2.75, 3.05) is 13.3 Å². The number of aliphatic hydroxyl groups is 1. The molecule has 1 heterocycles. The van der Waals surface area contributed by atoms with Crippen molar-refractivity contribution < 1.29 is 9.84 Å². The Labute approximate surface area is 166 Å². The van der Waals surface area contributed by atoms with E-state index in [0.717, 1.165) is 0 Å². The van der Waals surface area contributed by atoms with E-state index in [9.17, 15) is 5.11 Å². The lowest BCUT2D eigenvalue weighted by Gasteiger charge is -2.44. The van der Waals surface area contributed by atoms with Gasteiger partial charge < -0.3 is 9.84 Å². The molecule has 0 aromatic heterocycles. The predicted octanol–water partition coefficient (Wildman–Crippen LogP) is 4.39. The fourth-order valence-corrected chi connectivity index (χ4v) is 5.12. The minimum atomic E-state index is -0.490. The Balaban J connectivity index is 1.88. The van der Waals surface area contributed by atoms with Gasteiger partial charge in [-0.15, -0.1) is 0 Å². The van der Waals surface area contributed by atoms with Crippen molar-refractivity contribution in [3.05, 3.63) is 95.6 Å². The number of nitrogens with zero attached hydrogens (tertiary/aromatic N) is 1. The van der Waals surface area contributed by atoms with Gasteiger partial charge in [0.2, 0.25) is 0 Å². The second-order valence-corrected chi connectivity index (χ2v) is 8.21. The summed E-state index contributed by atoms with van der Waals surface area (Å²) in [5, 5.41) is 10.4. The average molecular weight is 371 g/mol. The maximum Gasteiger partial charge on any atom is 0.101 e. The molecule has 0 radical (unpaired) electrons. The first-order chi connectivity index (χ1) is 13.6. The van der Waals surface area contributed by atoms with Gasteiger partial charge in [0.05, 0.1) is 18.2 Å². The summed E-state index contributed by atoms with van der Waals surface area (Å²) in [6, 6.07) is 27.8. The van der Waals surface area contributed by atoms with Crippen LogP contribution in [-0.4, -0.2) is 35.0 Å². The number of benzene rings is 3. The van der Waals surface area contributed by atoms with Gasteiger partial charge in [0, 0.05) is 0 Å². The van der Waals surface area contributed by atoms with E-state index in [2.05, 4.69) is 97.6 Å². The highest BCUT2D eigenvalue weighted by Gasteiger charge is 2.56. The standard InChI is InChI=1S/C25H25NO2/c1-24(2)23(16-27)26(17-28-24)25(18-10-4-3-5-11-18)21-14-8-6-12-19(21)20-13-7-9-15-22(20)25/h3-15,23,27H,16-17H2,1-2H3/t23-/m1/s1. The van der Waals surface area contributed by atoms with Crippen LogP contribution in [-0.2, 0) is 10.3 Å². The van der Waals surface area contributed by atoms with Crippen LogP contribution in [0.3, 0.4) is 0 Å². The van der Waals surface area contributed by atoms with E-state index in [1.807, 2.05) is 0 Å². The molecule has 3 nitrogen and oxygen atoms in total. The molecule has 1 aliphatic heterocycles. The number of hydrogen-bond donors (Lipinski definition) is 1. The highest BCUT2D eigenvalue weighted by atomic mass is 16.5. The van der Waals surface area contributed by atoms with E-state index in [-0.39, 0.29) is 12.6 Å². The predicted molar refractivity (Wildman–Crippen MR) is 111 cm³/mol. The van der Waals surface area contributed by atoms with Crippen molar-refractivity contribution in [3.63, 3.8) is 0 Å². The zero-order valence-corrected chi connectivity index (χ0v) is 16.3. The molecule has 1 fully saturated rings.